The molecule has 0 radical (unpaired) electrons. The van der Waals surface area contributed by atoms with Gasteiger partial charge in [-0.2, -0.15) is 0 Å². The number of hydrogen-bond acceptors (Lipinski definition) is 5. The first kappa shape index (κ1) is 18.1. The molecular formula is C20H23NO5. The smallest absolute Gasteiger partial charge is 0.262 e. The maximum atomic E-state index is 12.0. The predicted molar refractivity (Wildman–Crippen MR) is 98.0 cm³/mol. The van der Waals surface area contributed by atoms with Gasteiger partial charge in [0.1, 0.15) is 23.9 Å². The molecule has 0 bridgehead atoms. The molecule has 2 aromatic rings. The fraction of sp³-hybridized carbons (Fsp3) is 0.350. The van der Waals surface area contributed by atoms with Crippen molar-refractivity contribution in [1.82, 2.24) is 0 Å². The summed E-state index contributed by atoms with van der Waals surface area (Å²) in [5.74, 6) is 1.88. The van der Waals surface area contributed by atoms with Gasteiger partial charge in [-0.3, -0.25) is 4.79 Å². The van der Waals surface area contributed by atoms with E-state index in [-0.39, 0.29) is 18.6 Å². The Morgan fingerprint density at radius 1 is 1.04 bits per heavy atom. The third-order valence-electron chi connectivity index (χ3n) is 4.03. The minimum Gasteiger partial charge on any atom is -0.497 e. The lowest BCUT2D eigenvalue weighted by molar-refractivity contribution is -0.118. The third-order valence-corrected chi connectivity index (χ3v) is 4.03. The molecule has 1 atom stereocenters. The van der Waals surface area contributed by atoms with Gasteiger partial charge in [0.15, 0.2) is 6.61 Å². The van der Waals surface area contributed by atoms with Crippen LogP contribution < -0.4 is 19.5 Å². The van der Waals surface area contributed by atoms with Crippen LogP contribution in [-0.4, -0.2) is 38.9 Å². The molecule has 1 saturated heterocycles. The summed E-state index contributed by atoms with van der Waals surface area (Å²) >= 11 is 0. The molecule has 26 heavy (non-hydrogen) atoms. The SMILES string of the molecule is COc1ccc(OCC(=O)Nc2ccc(OCC3CCCO3)cc2)cc1. The number of anilines is 1. The molecular weight excluding hydrogens is 334 g/mol. The van der Waals surface area contributed by atoms with Crippen LogP contribution in [0.1, 0.15) is 12.8 Å². The van der Waals surface area contributed by atoms with Crippen molar-refractivity contribution in [2.75, 3.05) is 32.2 Å². The molecule has 1 fully saturated rings. The van der Waals surface area contributed by atoms with Crippen LogP contribution in [0.5, 0.6) is 17.2 Å². The first-order valence-electron chi connectivity index (χ1n) is 8.64. The van der Waals surface area contributed by atoms with Gasteiger partial charge in [-0.15, -0.1) is 0 Å². The van der Waals surface area contributed by atoms with E-state index < -0.39 is 0 Å². The van der Waals surface area contributed by atoms with E-state index >= 15 is 0 Å². The Labute approximate surface area is 153 Å². The van der Waals surface area contributed by atoms with E-state index in [0.29, 0.717) is 18.0 Å². The van der Waals surface area contributed by atoms with Crippen LogP contribution in [-0.2, 0) is 9.53 Å². The number of nitrogens with one attached hydrogen (secondary N) is 1. The van der Waals surface area contributed by atoms with E-state index in [1.54, 1.807) is 43.5 Å². The number of ether oxygens (including phenoxy) is 4. The summed E-state index contributed by atoms with van der Waals surface area (Å²) in [6.07, 6.45) is 2.32. The summed E-state index contributed by atoms with van der Waals surface area (Å²) in [6, 6.07) is 14.3. The Morgan fingerprint density at radius 3 is 2.35 bits per heavy atom. The van der Waals surface area contributed by atoms with Crippen molar-refractivity contribution in [3.05, 3.63) is 48.5 Å². The lowest BCUT2D eigenvalue weighted by Crippen LogP contribution is -2.20. The van der Waals surface area contributed by atoms with Crippen molar-refractivity contribution in [1.29, 1.82) is 0 Å². The molecule has 6 nitrogen and oxygen atoms in total. The van der Waals surface area contributed by atoms with E-state index in [1.807, 2.05) is 12.1 Å². The molecule has 0 saturated carbocycles. The Kier molecular flexibility index (Phi) is 6.33. The van der Waals surface area contributed by atoms with E-state index in [4.69, 9.17) is 18.9 Å². The molecule has 1 aliphatic heterocycles. The van der Waals surface area contributed by atoms with Gasteiger partial charge in [-0.25, -0.2) is 0 Å². The zero-order valence-corrected chi connectivity index (χ0v) is 14.8. The second-order valence-corrected chi connectivity index (χ2v) is 5.98. The topological polar surface area (TPSA) is 66.0 Å². The summed E-state index contributed by atoms with van der Waals surface area (Å²) < 4.78 is 21.8. The average molecular weight is 357 g/mol. The molecule has 0 aromatic heterocycles. The summed E-state index contributed by atoms with van der Waals surface area (Å²) in [5, 5.41) is 2.79. The Hall–Kier alpha value is -2.73. The number of amides is 1. The van der Waals surface area contributed by atoms with Gasteiger partial charge < -0.3 is 24.3 Å². The van der Waals surface area contributed by atoms with Gasteiger partial charge in [0.05, 0.1) is 13.2 Å². The maximum Gasteiger partial charge on any atom is 0.262 e. The van der Waals surface area contributed by atoms with E-state index in [0.717, 1.165) is 30.9 Å². The van der Waals surface area contributed by atoms with Crippen LogP contribution in [0.2, 0.25) is 0 Å². The summed E-state index contributed by atoms with van der Waals surface area (Å²) in [5.41, 5.74) is 0.692. The second-order valence-electron chi connectivity index (χ2n) is 5.98. The van der Waals surface area contributed by atoms with Crippen molar-refractivity contribution >= 4 is 11.6 Å². The molecule has 0 aliphatic carbocycles. The average Bonchev–Trinajstić information content (AvgIpc) is 3.20. The standard InChI is InChI=1S/C20H23NO5/c1-23-16-8-10-18(11-9-16)26-14-20(22)21-15-4-6-17(7-5-15)25-13-19-3-2-12-24-19/h4-11,19H,2-3,12-14H2,1H3,(H,21,22). The first-order chi connectivity index (χ1) is 12.7. The number of methoxy groups -OCH3 is 1. The molecule has 138 valence electrons. The van der Waals surface area contributed by atoms with Crippen LogP contribution in [0.3, 0.4) is 0 Å². The molecule has 1 unspecified atom stereocenters. The number of carbonyl (C=O) groups excluding carboxylic acids is 1. The van der Waals surface area contributed by atoms with E-state index in [1.165, 1.54) is 0 Å². The Balaban J connectivity index is 1.41. The van der Waals surface area contributed by atoms with Crippen LogP contribution >= 0.6 is 0 Å². The van der Waals surface area contributed by atoms with Gasteiger partial charge in [0, 0.05) is 12.3 Å². The fourth-order valence-electron chi connectivity index (χ4n) is 2.62. The summed E-state index contributed by atoms with van der Waals surface area (Å²) in [7, 11) is 1.60. The highest BCUT2D eigenvalue weighted by atomic mass is 16.5. The third kappa shape index (κ3) is 5.39. The molecule has 1 amide bonds. The number of benzene rings is 2. The molecule has 6 heteroatoms. The van der Waals surface area contributed by atoms with Crippen molar-refractivity contribution in [2.45, 2.75) is 18.9 Å². The van der Waals surface area contributed by atoms with Crippen molar-refractivity contribution < 1.29 is 23.7 Å². The highest BCUT2D eigenvalue weighted by Crippen LogP contribution is 2.19. The molecule has 1 aliphatic rings. The second kappa shape index (κ2) is 9.10. The minimum absolute atomic E-state index is 0.0659. The summed E-state index contributed by atoms with van der Waals surface area (Å²) in [6.45, 7) is 1.31. The van der Waals surface area contributed by atoms with Gasteiger partial charge in [-0.1, -0.05) is 0 Å². The van der Waals surface area contributed by atoms with E-state index in [2.05, 4.69) is 5.32 Å². The van der Waals surface area contributed by atoms with Gasteiger partial charge >= 0.3 is 0 Å². The predicted octanol–water partition coefficient (Wildman–Crippen LogP) is 3.27. The largest absolute Gasteiger partial charge is 0.497 e. The van der Waals surface area contributed by atoms with Crippen molar-refractivity contribution in [3.8, 4) is 17.2 Å². The van der Waals surface area contributed by atoms with Gasteiger partial charge in [0.2, 0.25) is 0 Å². The maximum absolute atomic E-state index is 12.0. The lowest BCUT2D eigenvalue weighted by atomic mass is 10.2. The zero-order chi connectivity index (χ0) is 18.2. The van der Waals surface area contributed by atoms with Crippen molar-refractivity contribution in [3.63, 3.8) is 0 Å². The Morgan fingerprint density at radius 2 is 1.69 bits per heavy atom. The highest BCUT2D eigenvalue weighted by molar-refractivity contribution is 5.91. The highest BCUT2D eigenvalue weighted by Gasteiger charge is 2.15. The molecule has 3 rings (SSSR count). The monoisotopic (exact) mass is 357 g/mol. The minimum atomic E-state index is -0.228. The quantitative estimate of drug-likeness (QED) is 0.785. The Bertz CT molecular complexity index is 693. The van der Waals surface area contributed by atoms with Crippen LogP contribution in [0.25, 0.3) is 0 Å². The molecule has 1 heterocycles. The molecule has 0 spiro atoms. The first-order valence-corrected chi connectivity index (χ1v) is 8.64. The number of rotatable bonds is 8. The molecule has 1 N–H and O–H groups in total. The zero-order valence-electron chi connectivity index (χ0n) is 14.8. The summed E-state index contributed by atoms with van der Waals surface area (Å²) in [4.78, 5) is 12.0. The molecule has 2 aromatic carbocycles. The van der Waals surface area contributed by atoms with Gasteiger partial charge in [0.25, 0.3) is 5.91 Å². The fourth-order valence-corrected chi connectivity index (χ4v) is 2.62. The van der Waals surface area contributed by atoms with Crippen LogP contribution in [0, 0.1) is 0 Å². The van der Waals surface area contributed by atoms with Crippen LogP contribution in [0.4, 0.5) is 5.69 Å². The van der Waals surface area contributed by atoms with E-state index in [9.17, 15) is 4.79 Å². The normalized spacial score (nSPS) is 16.1. The number of hydrogen-bond donors (Lipinski definition) is 1. The van der Waals surface area contributed by atoms with Gasteiger partial charge in [-0.05, 0) is 61.4 Å². The number of carbonyl (C=O) groups is 1. The lowest BCUT2D eigenvalue weighted by Gasteiger charge is -2.12. The van der Waals surface area contributed by atoms with Crippen LogP contribution in [0.15, 0.2) is 48.5 Å². The van der Waals surface area contributed by atoms with Crippen molar-refractivity contribution in [2.24, 2.45) is 0 Å².